The average Bonchev–Trinajstić information content (AvgIpc) is 2.40. The maximum Gasteiger partial charge on any atom is 0.251 e. The molecule has 1 amide bonds. The maximum absolute atomic E-state index is 13.0. The molecule has 0 unspecified atom stereocenters. The molecule has 2 N–H and O–H groups in total. The van der Waals surface area contributed by atoms with E-state index in [1.54, 1.807) is 0 Å². The second-order valence-corrected chi connectivity index (χ2v) is 4.13. The van der Waals surface area contributed by atoms with Crippen molar-refractivity contribution in [2.24, 2.45) is 0 Å². The smallest absolute Gasteiger partial charge is 0.251 e. The van der Waals surface area contributed by atoms with Crippen molar-refractivity contribution in [2.75, 3.05) is 19.6 Å². The molecule has 1 aromatic rings. The van der Waals surface area contributed by atoms with Crippen LogP contribution in [0.15, 0.2) is 29.8 Å². The van der Waals surface area contributed by atoms with Gasteiger partial charge in [0.05, 0.1) is 0 Å². The molecule has 0 aromatic heterocycles. The first kappa shape index (κ1) is 15.6. The summed E-state index contributed by atoms with van der Waals surface area (Å²) in [5, 5.41) is 5.86. The van der Waals surface area contributed by atoms with E-state index in [4.69, 9.17) is 0 Å². The van der Waals surface area contributed by atoms with E-state index in [0.29, 0.717) is 6.54 Å². The highest BCUT2D eigenvalue weighted by Crippen LogP contribution is 2.09. The van der Waals surface area contributed by atoms with Crippen LogP contribution in [-0.4, -0.2) is 25.5 Å². The van der Waals surface area contributed by atoms with Crippen LogP contribution in [0.5, 0.6) is 0 Å². The Bertz CT molecular complexity index is 492. The number of amides is 1. The number of nitrogens with one attached hydrogen (secondary N) is 2. The molecule has 0 spiro atoms. The van der Waals surface area contributed by atoms with E-state index in [1.807, 2.05) is 6.08 Å². The van der Waals surface area contributed by atoms with Gasteiger partial charge in [0.15, 0.2) is 11.6 Å². The Morgan fingerprint density at radius 3 is 2.74 bits per heavy atom. The van der Waals surface area contributed by atoms with Crippen LogP contribution in [0.3, 0.4) is 0 Å². The molecule has 19 heavy (non-hydrogen) atoms. The first-order valence-electron chi connectivity index (χ1n) is 5.78. The standard InChI is InChI=1S/C13H14F2N2O.ClH/c14-11-2-1-10(7-12(11)15)13(18)17-8-9-3-5-16-6-4-9;/h1-3,7,16H,4-6,8H2,(H,17,18);1H. The molecule has 0 atom stereocenters. The van der Waals surface area contributed by atoms with Crippen molar-refractivity contribution >= 4 is 18.3 Å². The molecular formula is C13H15ClF2N2O. The minimum atomic E-state index is -1.01. The summed E-state index contributed by atoms with van der Waals surface area (Å²) in [7, 11) is 0. The molecule has 2 rings (SSSR count). The highest BCUT2D eigenvalue weighted by Gasteiger charge is 2.10. The highest BCUT2D eigenvalue weighted by atomic mass is 35.5. The lowest BCUT2D eigenvalue weighted by molar-refractivity contribution is 0.0956. The zero-order chi connectivity index (χ0) is 13.0. The molecule has 1 aliphatic rings. The molecule has 0 radical (unpaired) electrons. The zero-order valence-electron chi connectivity index (χ0n) is 10.2. The Morgan fingerprint density at radius 2 is 2.11 bits per heavy atom. The van der Waals surface area contributed by atoms with Gasteiger partial charge >= 0.3 is 0 Å². The van der Waals surface area contributed by atoms with Crippen LogP contribution >= 0.6 is 12.4 Å². The van der Waals surface area contributed by atoms with Gasteiger partial charge in [-0.05, 0) is 31.2 Å². The van der Waals surface area contributed by atoms with E-state index in [-0.39, 0.29) is 18.0 Å². The van der Waals surface area contributed by atoms with E-state index in [0.717, 1.165) is 37.2 Å². The molecular weight excluding hydrogens is 274 g/mol. The van der Waals surface area contributed by atoms with Crippen molar-refractivity contribution in [3.05, 3.63) is 47.0 Å². The van der Waals surface area contributed by atoms with Crippen molar-refractivity contribution in [3.63, 3.8) is 0 Å². The number of hydrogen-bond acceptors (Lipinski definition) is 2. The van der Waals surface area contributed by atoms with Gasteiger partial charge in [0.25, 0.3) is 5.91 Å². The Kier molecular flexibility index (Phi) is 5.92. The SMILES string of the molecule is Cl.O=C(NCC1=CCNCC1)c1ccc(F)c(F)c1. The third kappa shape index (κ3) is 4.29. The molecule has 0 aliphatic carbocycles. The Labute approximate surface area is 116 Å². The van der Waals surface area contributed by atoms with Crippen LogP contribution in [0.4, 0.5) is 8.78 Å². The summed E-state index contributed by atoms with van der Waals surface area (Å²) in [6.45, 7) is 2.14. The topological polar surface area (TPSA) is 41.1 Å². The van der Waals surface area contributed by atoms with Gasteiger partial charge in [-0.2, -0.15) is 0 Å². The Balaban J connectivity index is 0.00000180. The number of halogens is 3. The highest BCUT2D eigenvalue weighted by molar-refractivity contribution is 5.94. The summed E-state index contributed by atoms with van der Waals surface area (Å²) < 4.78 is 25.7. The van der Waals surface area contributed by atoms with Gasteiger partial charge in [-0.25, -0.2) is 8.78 Å². The summed E-state index contributed by atoms with van der Waals surface area (Å²) in [4.78, 5) is 11.7. The summed E-state index contributed by atoms with van der Waals surface area (Å²) in [5.74, 6) is -2.36. The lowest BCUT2D eigenvalue weighted by atomic mass is 10.1. The monoisotopic (exact) mass is 288 g/mol. The summed E-state index contributed by atoms with van der Waals surface area (Å²) >= 11 is 0. The first-order valence-corrected chi connectivity index (χ1v) is 5.78. The van der Waals surface area contributed by atoms with Crippen LogP contribution in [0.2, 0.25) is 0 Å². The molecule has 1 aliphatic heterocycles. The number of rotatable bonds is 3. The lowest BCUT2D eigenvalue weighted by Gasteiger charge is -2.14. The molecule has 0 bridgehead atoms. The zero-order valence-corrected chi connectivity index (χ0v) is 11.0. The van der Waals surface area contributed by atoms with Gasteiger partial charge in [-0.1, -0.05) is 11.6 Å². The minimum absolute atomic E-state index is 0. The van der Waals surface area contributed by atoms with Gasteiger partial charge in [-0.3, -0.25) is 4.79 Å². The number of carbonyl (C=O) groups excluding carboxylic acids is 1. The largest absolute Gasteiger partial charge is 0.348 e. The molecule has 1 aromatic carbocycles. The summed E-state index contributed by atoms with van der Waals surface area (Å²) in [6.07, 6.45) is 2.91. The molecule has 3 nitrogen and oxygen atoms in total. The minimum Gasteiger partial charge on any atom is -0.348 e. The Morgan fingerprint density at radius 1 is 1.32 bits per heavy atom. The van der Waals surface area contributed by atoms with Crippen LogP contribution in [-0.2, 0) is 0 Å². The fourth-order valence-corrected chi connectivity index (χ4v) is 1.76. The quantitative estimate of drug-likeness (QED) is 0.836. The van der Waals surface area contributed by atoms with Crippen molar-refractivity contribution in [1.29, 1.82) is 0 Å². The van der Waals surface area contributed by atoms with E-state index in [2.05, 4.69) is 10.6 Å². The molecule has 104 valence electrons. The van der Waals surface area contributed by atoms with Crippen LogP contribution in [0.25, 0.3) is 0 Å². The Hall–Kier alpha value is -1.46. The van der Waals surface area contributed by atoms with Crippen molar-refractivity contribution in [2.45, 2.75) is 6.42 Å². The van der Waals surface area contributed by atoms with Crippen molar-refractivity contribution < 1.29 is 13.6 Å². The molecule has 0 fully saturated rings. The number of hydrogen-bond donors (Lipinski definition) is 2. The van der Waals surface area contributed by atoms with Gasteiger partial charge in [-0.15, -0.1) is 12.4 Å². The van der Waals surface area contributed by atoms with E-state index in [9.17, 15) is 13.6 Å². The second kappa shape index (κ2) is 7.21. The predicted octanol–water partition coefficient (Wildman–Crippen LogP) is 2.04. The molecule has 0 saturated heterocycles. The van der Waals surface area contributed by atoms with Gasteiger partial charge in [0.1, 0.15) is 0 Å². The van der Waals surface area contributed by atoms with Gasteiger partial charge in [0.2, 0.25) is 0 Å². The fourth-order valence-electron chi connectivity index (χ4n) is 1.76. The molecule has 0 saturated carbocycles. The average molecular weight is 289 g/mol. The molecule has 6 heteroatoms. The predicted molar refractivity (Wildman–Crippen MR) is 71.5 cm³/mol. The van der Waals surface area contributed by atoms with Crippen LogP contribution < -0.4 is 10.6 Å². The third-order valence-corrected chi connectivity index (χ3v) is 2.82. The van der Waals surface area contributed by atoms with E-state index < -0.39 is 17.5 Å². The van der Waals surface area contributed by atoms with Crippen LogP contribution in [0, 0.1) is 11.6 Å². The van der Waals surface area contributed by atoms with Crippen molar-refractivity contribution in [3.8, 4) is 0 Å². The summed E-state index contributed by atoms with van der Waals surface area (Å²) in [6, 6.07) is 3.13. The number of carbonyl (C=O) groups is 1. The second-order valence-electron chi connectivity index (χ2n) is 4.13. The third-order valence-electron chi connectivity index (χ3n) is 2.82. The van der Waals surface area contributed by atoms with E-state index >= 15 is 0 Å². The normalized spacial score (nSPS) is 14.3. The van der Waals surface area contributed by atoms with Crippen LogP contribution in [0.1, 0.15) is 16.8 Å². The fraction of sp³-hybridized carbons (Fsp3) is 0.308. The maximum atomic E-state index is 13.0. The molecule has 1 heterocycles. The van der Waals surface area contributed by atoms with Crippen molar-refractivity contribution in [1.82, 2.24) is 10.6 Å². The number of benzene rings is 1. The van der Waals surface area contributed by atoms with Gasteiger partial charge < -0.3 is 10.6 Å². The summed E-state index contributed by atoms with van der Waals surface area (Å²) in [5.41, 5.74) is 1.27. The first-order chi connectivity index (χ1) is 8.66. The van der Waals surface area contributed by atoms with E-state index in [1.165, 1.54) is 6.07 Å². The van der Waals surface area contributed by atoms with Gasteiger partial charge in [0, 0.05) is 18.7 Å². The lowest BCUT2D eigenvalue weighted by Crippen LogP contribution is -2.29.